The lowest BCUT2D eigenvalue weighted by atomic mass is 9.99. The lowest BCUT2D eigenvalue weighted by Crippen LogP contribution is -2.30. The molecule has 1 N–H and O–H groups in total. The van der Waals surface area contributed by atoms with Crippen molar-refractivity contribution in [3.8, 4) is 5.75 Å². The molecule has 132 valence electrons. The molecule has 2 fully saturated rings. The van der Waals surface area contributed by atoms with Crippen molar-refractivity contribution in [2.75, 3.05) is 36.0 Å². The Morgan fingerprint density at radius 2 is 1.76 bits per heavy atom. The Balaban J connectivity index is 1.41. The van der Waals surface area contributed by atoms with Gasteiger partial charge in [0.2, 0.25) is 0 Å². The second-order valence-corrected chi connectivity index (χ2v) is 7.26. The maximum atomic E-state index is 9.64. The van der Waals surface area contributed by atoms with Crippen LogP contribution < -0.4 is 9.80 Å². The zero-order chi connectivity index (χ0) is 17.1. The molecular formula is C20H26N4O. The summed E-state index contributed by atoms with van der Waals surface area (Å²) >= 11 is 0. The molecule has 2 saturated heterocycles. The zero-order valence-corrected chi connectivity index (χ0v) is 14.6. The van der Waals surface area contributed by atoms with Crippen LogP contribution in [0.2, 0.25) is 0 Å². The molecule has 5 nitrogen and oxygen atoms in total. The van der Waals surface area contributed by atoms with E-state index in [2.05, 4.69) is 31.9 Å². The zero-order valence-electron chi connectivity index (χ0n) is 14.6. The van der Waals surface area contributed by atoms with Crippen molar-refractivity contribution in [3.05, 3.63) is 42.2 Å². The number of aromatic hydroxyl groups is 1. The van der Waals surface area contributed by atoms with Gasteiger partial charge in [-0.2, -0.15) is 0 Å². The predicted octanol–water partition coefficient (Wildman–Crippen LogP) is 3.24. The molecule has 2 aliphatic heterocycles. The highest BCUT2D eigenvalue weighted by atomic mass is 16.3. The molecule has 1 aromatic heterocycles. The van der Waals surface area contributed by atoms with Crippen molar-refractivity contribution in [3.63, 3.8) is 0 Å². The van der Waals surface area contributed by atoms with Crippen molar-refractivity contribution in [1.82, 2.24) is 9.97 Å². The molecule has 0 amide bonds. The normalized spacial score (nSPS) is 20.9. The summed E-state index contributed by atoms with van der Waals surface area (Å²) in [5, 5.41) is 9.64. The highest BCUT2D eigenvalue weighted by Crippen LogP contribution is 2.28. The number of aromatic nitrogens is 2. The number of phenolic OH excluding ortho intramolecular Hbond substituents is 1. The van der Waals surface area contributed by atoms with Gasteiger partial charge in [-0.05, 0) is 55.7 Å². The SMILES string of the molecule is Oc1cccc(CC2CCN(c3cc(N4CCCCC4)ncn3)C2)c1. The average Bonchev–Trinajstić information content (AvgIpc) is 3.11. The summed E-state index contributed by atoms with van der Waals surface area (Å²) in [6.07, 6.45) is 7.73. The van der Waals surface area contributed by atoms with Crippen molar-refractivity contribution in [2.24, 2.45) is 5.92 Å². The van der Waals surface area contributed by atoms with E-state index in [1.165, 1.54) is 31.2 Å². The molecule has 25 heavy (non-hydrogen) atoms. The summed E-state index contributed by atoms with van der Waals surface area (Å²) in [5.74, 6) is 3.08. The topological polar surface area (TPSA) is 52.5 Å². The standard InChI is InChI=1S/C20H26N4O/c25-18-6-4-5-16(12-18)11-17-7-10-24(14-17)20-13-19(21-15-22-20)23-8-2-1-3-9-23/h4-6,12-13,15,17,25H,1-3,7-11,14H2. The third kappa shape index (κ3) is 3.86. The molecular weight excluding hydrogens is 312 g/mol. The van der Waals surface area contributed by atoms with Crippen LogP contribution in [0.4, 0.5) is 11.6 Å². The minimum atomic E-state index is 0.356. The first-order chi connectivity index (χ1) is 12.3. The number of benzene rings is 1. The number of rotatable bonds is 4. The van der Waals surface area contributed by atoms with E-state index < -0.39 is 0 Å². The molecule has 1 atom stereocenters. The van der Waals surface area contributed by atoms with Crippen LogP contribution in [0.1, 0.15) is 31.2 Å². The van der Waals surface area contributed by atoms with Gasteiger partial charge in [-0.1, -0.05) is 12.1 Å². The quantitative estimate of drug-likeness (QED) is 0.927. The molecule has 0 saturated carbocycles. The predicted molar refractivity (Wildman–Crippen MR) is 100 cm³/mol. The van der Waals surface area contributed by atoms with E-state index in [4.69, 9.17) is 0 Å². The van der Waals surface area contributed by atoms with Crippen LogP contribution in [0.5, 0.6) is 5.75 Å². The molecule has 1 aromatic carbocycles. The molecule has 5 heteroatoms. The Morgan fingerprint density at radius 3 is 2.56 bits per heavy atom. The van der Waals surface area contributed by atoms with Crippen LogP contribution in [0.3, 0.4) is 0 Å². The number of piperidine rings is 1. The summed E-state index contributed by atoms with van der Waals surface area (Å²) in [5.41, 5.74) is 1.21. The molecule has 0 radical (unpaired) electrons. The molecule has 0 bridgehead atoms. The summed E-state index contributed by atoms with van der Waals surface area (Å²) in [6, 6.07) is 9.78. The second-order valence-electron chi connectivity index (χ2n) is 7.26. The molecule has 4 rings (SSSR count). The molecule has 2 aromatic rings. The lowest BCUT2D eigenvalue weighted by Gasteiger charge is -2.28. The first kappa shape index (κ1) is 16.2. The Hall–Kier alpha value is -2.30. The molecule has 1 unspecified atom stereocenters. The van der Waals surface area contributed by atoms with Gasteiger partial charge in [0.15, 0.2) is 0 Å². The van der Waals surface area contributed by atoms with E-state index in [9.17, 15) is 5.11 Å². The molecule has 3 heterocycles. The van der Waals surface area contributed by atoms with E-state index in [1.807, 2.05) is 12.1 Å². The smallest absolute Gasteiger partial charge is 0.134 e. The van der Waals surface area contributed by atoms with Gasteiger partial charge < -0.3 is 14.9 Å². The Morgan fingerprint density at radius 1 is 0.960 bits per heavy atom. The highest BCUT2D eigenvalue weighted by molar-refractivity contribution is 5.51. The number of hydrogen-bond acceptors (Lipinski definition) is 5. The van der Waals surface area contributed by atoms with Gasteiger partial charge in [0, 0.05) is 32.2 Å². The van der Waals surface area contributed by atoms with Crippen LogP contribution in [-0.4, -0.2) is 41.3 Å². The third-order valence-corrected chi connectivity index (χ3v) is 5.36. The number of hydrogen-bond donors (Lipinski definition) is 1. The summed E-state index contributed by atoms with van der Waals surface area (Å²) in [7, 11) is 0. The van der Waals surface area contributed by atoms with E-state index in [-0.39, 0.29) is 0 Å². The molecule has 2 aliphatic rings. The van der Waals surface area contributed by atoms with E-state index in [0.29, 0.717) is 11.7 Å². The first-order valence-corrected chi connectivity index (χ1v) is 9.38. The van der Waals surface area contributed by atoms with Gasteiger partial charge in [-0.25, -0.2) is 9.97 Å². The van der Waals surface area contributed by atoms with Crippen molar-refractivity contribution in [1.29, 1.82) is 0 Å². The van der Waals surface area contributed by atoms with Gasteiger partial charge in [0.25, 0.3) is 0 Å². The van der Waals surface area contributed by atoms with Gasteiger partial charge in [0.05, 0.1) is 0 Å². The van der Waals surface area contributed by atoms with Crippen molar-refractivity contribution < 1.29 is 5.11 Å². The highest BCUT2D eigenvalue weighted by Gasteiger charge is 2.24. The van der Waals surface area contributed by atoms with Gasteiger partial charge in [-0.15, -0.1) is 0 Å². The van der Waals surface area contributed by atoms with Crippen LogP contribution in [0.25, 0.3) is 0 Å². The van der Waals surface area contributed by atoms with Gasteiger partial charge in [0.1, 0.15) is 23.7 Å². The maximum absolute atomic E-state index is 9.64. The Bertz CT molecular complexity index is 714. The lowest BCUT2D eigenvalue weighted by molar-refractivity contribution is 0.473. The van der Waals surface area contributed by atoms with E-state index in [1.54, 1.807) is 12.4 Å². The number of anilines is 2. The van der Waals surface area contributed by atoms with Crippen LogP contribution in [0, 0.1) is 5.92 Å². The Kier molecular flexibility index (Phi) is 4.72. The van der Waals surface area contributed by atoms with Crippen LogP contribution >= 0.6 is 0 Å². The minimum absolute atomic E-state index is 0.356. The Labute approximate surface area is 149 Å². The maximum Gasteiger partial charge on any atom is 0.134 e. The number of nitrogens with zero attached hydrogens (tertiary/aromatic N) is 4. The van der Waals surface area contributed by atoms with Gasteiger partial charge >= 0.3 is 0 Å². The average molecular weight is 338 g/mol. The fourth-order valence-corrected chi connectivity index (χ4v) is 4.03. The first-order valence-electron chi connectivity index (χ1n) is 9.38. The van der Waals surface area contributed by atoms with E-state index in [0.717, 1.165) is 44.2 Å². The number of phenols is 1. The fourth-order valence-electron chi connectivity index (χ4n) is 4.03. The summed E-state index contributed by atoms with van der Waals surface area (Å²) < 4.78 is 0. The van der Waals surface area contributed by atoms with Crippen molar-refractivity contribution >= 4 is 11.6 Å². The third-order valence-electron chi connectivity index (χ3n) is 5.36. The summed E-state index contributed by atoms with van der Waals surface area (Å²) in [4.78, 5) is 13.8. The minimum Gasteiger partial charge on any atom is -0.508 e. The summed E-state index contributed by atoms with van der Waals surface area (Å²) in [6.45, 7) is 4.28. The molecule has 0 spiro atoms. The van der Waals surface area contributed by atoms with Crippen LogP contribution in [-0.2, 0) is 6.42 Å². The van der Waals surface area contributed by atoms with Gasteiger partial charge in [-0.3, -0.25) is 0 Å². The fraction of sp³-hybridized carbons (Fsp3) is 0.500. The van der Waals surface area contributed by atoms with E-state index >= 15 is 0 Å². The second kappa shape index (κ2) is 7.30. The molecule has 0 aliphatic carbocycles. The monoisotopic (exact) mass is 338 g/mol. The largest absolute Gasteiger partial charge is 0.508 e. The van der Waals surface area contributed by atoms with Crippen molar-refractivity contribution in [2.45, 2.75) is 32.1 Å². The van der Waals surface area contributed by atoms with Crippen LogP contribution in [0.15, 0.2) is 36.7 Å².